The fourth-order valence-electron chi connectivity index (χ4n) is 4.20. The van der Waals surface area contributed by atoms with E-state index in [1.54, 1.807) is 7.11 Å². The zero-order valence-electron chi connectivity index (χ0n) is 19.7. The van der Waals surface area contributed by atoms with Gasteiger partial charge in [0.25, 0.3) is 0 Å². The molecule has 0 aliphatic heterocycles. The van der Waals surface area contributed by atoms with Crippen LogP contribution in [0.5, 0.6) is 11.5 Å². The molecule has 0 saturated carbocycles. The van der Waals surface area contributed by atoms with Crippen LogP contribution in [-0.2, 0) is 13.0 Å². The van der Waals surface area contributed by atoms with Gasteiger partial charge < -0.3 is 14.0 Å². The van der Waals surface area contributed by atoms with Crippen LogP contribution >= 0.6 is 0 Å². The highest BCUT2D eigenvalue weighted by Crippen LogP contribution is 2.36. The minimum atomic E-state index is -0.223. The fraction of sp³-hybridized carbons (Fsp3) is 0.310. The Bertz CT molecular complexity index is 1190. The van der Waals surface area contributed by atoms with E-state index in [0.717, 1.165) is 48.1 Å². The van der Waals surface area contributed by atoms with Crippen LogP contribution in [0.4, 0.5) is 4.39 Å². The van der Waals surface area contributed by atoms with E-state index >= 15 is 4.39 Å². The number of benzene rings is 3. The molecule has 4 aromatic rings. The van der Waals surface area contributed by atoms with Gasteiger partial charge in [-0.2, -0.15) is 0 Å². The zero-order chi connectivity index (χ0) is 23.2. The molecular formula is C29H32FNO2. The molecule has 3 nitrogen and oxygen atoms in total. The molecule has 0 aliphatic rings. The van der Waals surface area contributed by atoms with Gasteiger partial charge in [-0.3, -0.25) is 0 Å². The molecule has 4 rings (SSSR count). The van der Waals surface area contributed by atoms with Crippen LogP contribution in [0.1, 0.15) is 44.2 Å². The van der Waals surface area contributed by atoms with Crippen LogP contribution in [0, 0.1) is 5.82 Å². The Morgan fingerprint density at radius 2 is 1.52 bits per heavy atom. The van der Waals surface area contributed by atoms with Crippen LogP contribution in [0.2, 0.25) is 0 Å². The second-order valence-corrected chi connectivity index (χ2v) is 8.42. The fourth-order valence-corrected chi connectivity index (χ4v) is 4.20. The summed E-state index contributed by atoms with van der Waals surface area (Å²) < 4.78 is 29.1. The summed E-state index contributed by atoms with van der Waals surface area (Å²) in [5.41, 5.74) is 4.73. The van der Waals surface area contributed by atoms with E-state index in [1.807, 2.05) is 42.5 Å². The highest BCUT2D eigenvalue weighted by Gasteiger charge is 2.20. The molecule has 0 radical (unpaired) electrons. The number of hydrogen-bond acceptors (Lipinski definition) is 2. The Balaban J connectivity index is 1.78. The Labute approximate surface area is 195 Å². The Morgan fingerprint density at radius 1 is 0.818 bits per heavy atom. The summed E-state index contributed by atoms with van der Waals surface area (Å²) in [5.74, 6) is 1.23. The van der Waals surface area contributed by atoms with Gasteiger partial charge in [0.15, 0.2) is 5.82 Å². The molecule has 4 heteroatoms. The van der Waals surface area contributed by atoms with E-state index < -0.39 is 0 Å². The third-order valence-corrected chi connectivity index (χ3v) is 6.01. The van der Waals surface area contributed by atoms with Crippen LogP contribution in [0.15, 0.2) is 66.7 Å². The van der Waals surface area contributed by atoms with Crippen LogP contribution in [-0.4, -0.2) is 18.3 Å². The number of methoxy groups -OCH3 is 1. The average Bonchev–Trinajstić information content (AvgIpc) is 3.11. The molecule has 0 aliphatic carbocycles. The number of nitrogens with zero attached hydrogens (tertiary/aromatic N) is 1. The van der Waals surface area contributed by atoms with Crippen LogP contribution < -0.4 is 9.47 Å². The van der Waals surface area contributed by atoms with Crippen molar-refractivity contribution in [1.82, 2.24) is 4.57 Å². The minimum absolute atomic E-state index is 0.223. The lowest BCUT2D eigenvalue weighted by molar-refractivity contribution is 0.309. The Morgan fingerprint density at radius 3 is 2.18 bits per heavy atom. The lowest BCUT2D eigenvalue weighted by Crippen LogP contribution is -2.03. The highest BCUT2D eigenvalue weighted by atomic mass is 19.1. The van der Waals surface area contributed by atoms with E-state index in [2.05, 4.69) is 42.7 Å². The molecule has 172 valence electrons. The molecule has 0 fully saturated rings. The number of aryl methyl sites for hydroxylation is 1. The van der Waals surface area contributed by atoms with E-state index in [0.29, 0.717) is 30.0 Å². The van der Waals surface area contributed by atoms with Crippen molar-refractivity contribution in [3.05, 3.63) is 83.7 Å². The van der Waals surface area contributed by atoms with Gasteiger partial charge in [-0.25, -0.2) is 4.39 Å². The molecule has 3 aromatic carbocycles. The maximum atomic E-state index is 15.9. The first-order valence-corrected chi connectivity index (χ1v) is 11.8. The van der Waals surface area contributed by atoms with E-state index in [-0.39, 0.29) is 5.82 Å². The van der Waals surface area contributed by atoms with E-state index in [9.17, 15) is 0 Å². The van der Waals surface area contributed by atoms with Crippen molar-refractivity contribution in [2.75, 3.05) is 13.7 Å². The van der Waals surface area contributed by atoms with E-state index in [4.69, 9.17) is 9.47 Å². The van der Waals surface area contributed by atoms with E-state index in [1.165, 1.54) is 5.56 Å². The number of hydrogen-bond donors (Lipinski definition) is 0. The van der Waals surface area contributed by atoms with Gasteiger partial charge in [-0.15, -0.1) is 0 Å². The van der Waals surface area contributed by atoms with Gasteiger partial charge in [0.2, 0.25) is 0 Å². The highest BCUT2D eigenvalue weighted by molar-refractivity contribution is 5.89. The topological polar surface area (TPSA) is 23.4 Å². The first-order valence-electron chi connectivity index (χ1n) is 11.8. The third kappa shape index (κ3) is 5.05. The van der Waals surface area contributed by atoms with Gasteiger partial charge in [-0.1, -0.05) is 51.0 Å². The SMILES string of the molecule is CCCCOc1ccc2c(c1)c(F)c(-c1ccc(OC)cc1)n2Cc1ccc(CCC)cc1. The largest absolute Gasteiger partial charge is 0.497 e. The summed E-state index contributed by atoms with van der Waals surface area (Å²) in [4.78, 5) is 0. The summed E-state index contributed by atoms with van der Waals surface area (Å²) in [6.07, 6.45) is 4.23. The lowest BCUT2D eigenvalue weighted by atomic mass is 10.1. The maximum Gasteiger partial charge on any atom is 0.156 e. The van der Waals surface area contributed by atoms with Crippen molar-refractivity contribution in [2.45, 2.75) is 46.1 Å². The monoisotopic (exact) mass is 445 g/mol. The first kappa shape index (κ1) is 22.9. The molecule has 0 saturated heterocycles. The van der Waals surface area contributed by atoms with Crippen molar-refractivity contribution >= 4 is 10.9 Å². The zero-order valence-corrected chi connectivity index (χ0v) is 19.7. The predicted molar refractivity (Wildman–Crippen MR) is 134 cm³/mol. The smallest absolute Gasteiger partial charge is 0.156 e. The number of halogens is 1. The van der Waals surface area contributed by atoms with Crippen LogP contribution in [0.25, 0.3) is 22.2 Å². The van der Waals surface area contributed by atoms with Gasteiger partial charge in [-0.05, 0) is 66.4 Å². The standard InChI is InChI=1S/C29H32FNO2/c1-4-6-18-33-25-16-17-27-26(19-25)28(30)29(23-12-14-24(32-3)15-13-23)31(27)20-22-10-8-21(7-5-2)9-11-22/h8-17,19H,4-7,18,20H2,1-3H3. The van der Waals surface area contributed by atoms with Gasteiger partial charge in [0, 0.05) is 17.5 Å². The molecule has 0 N–H and O–H groups in total. The lowest BCUT2D eigenvalue weighted by Gasteiger charge is -2.13. The second kappa shape index (κ2) is 10.6. The minimum Gasteiger partial charge on any atom is -0.497 e. The molecule has 0 spiro atoms. The first-order chi connectivity index (χ1) is 16.1. The summed E-state index contributed by atoms with van der Waals surface area (Å²) in [6.45, 7) is 5.54. The van der Waals surface area contributed by atoms with Crippen molar-refractivity contribution in [2.24, 2.45) is 0 Å². The summed E-state index contributed by atoms with van der Waals surface area (Å²) in [7, 11) is 1.63. The quantitative estimate of drug-likeness (QED) is 0.234. The normalized spacial score (nSPS) is 11.2. The predicted octanol–water partition coefficient (Wildman–Crippen LogP) is 7.64. The van der Waals surface area contributed by atoms with Gasteiger partial charge in [0.05, 0.1) is 24.9 Å². The molecule has 33 heavy (non-hydrogen) atoms. The molecule has 0 bridgehead atoms. The van der Waals surface area contributed by atoms with Crippen molar-refractivity contribution in [1.29, 1.82) is 0 Å². The van der Waals surface area contributed by atoms with Crippen molar-refractivity contribution in [3.8, 4) is 22.8 Å². The van der Waals surface area contributed by atoms with Gasteiger partial charge in [0.1, 0.15) is 11.5 Å². The molecule has 0 amide bonds. The summed E-state index contributed by atoms with van der Waals surface area (Å²) >= 11 is 0. The number of unbranched alkanes of at least 4 members (excludes halogenated alkanes) is 1. The van der Waals surface area contributed by atoms with Gasteiger partial charge >= 0.3 is 0 Å². The Hall–Kier alpha value is -3.27. The molecule has 0 atom stereocenters. The average molecular weight is 446 g/mol. The molecule has 1 aromatic heterocycles. The Kier molecular flexibility index (Phi) is 7.33. The molecule has 1 heterocycles. The number of aromatic nitrogens is 1. The summed E-state index contributed by atoms with van der Waals surface area (Å²) in [6, 6.07) is 21.9. The van der Waals surface area contributed by atoms with Crippen molar-refractivity contribution in [3.63, 3.8) is 0 Å². The molecule has 0 unspecified atom stereocenters. The van der Waals surface area contributed by atoms with Crippen LogP contribution in [0.3, 0.4) is 0 Å². The number of fused-ring (bicyclic) bond motifs is 1. The number of ether oxygens (including phenoxy) is 2. The maximum absolute atomic E-state index is 15.9. The molecular weight excluding hydrogens is 413 g/mol. The number of rotatable bonds is 10. The second-order valence-electron chi connectivity index (χ2n) is 8.42. The summed E-state index contributed by atoms with van der Waals surface area (Å²) in [5, 5.41) is 0.581. The third-order valence-electron chi connectivity index (χ3n) is 6.01. The van der Waals surface area contributed by atoms with Crippen molar-refractivity contribution < 1.29 is 13.9 Å².